The SMILES string of the molecule is CCC1CCCCC1OCCC1OCCCO1. The number of rotatable bonds is 5. The van der Waals surface area contributed by atoms with E-state index in [0.717, 1.165) is 38.6 Å². The molecule has 1 heterocycles. The third kappa shape index (κ3) is 4.23. The lowest BCUT2D eigenvalue weighted by Crippen LogP contribution is -2.30. The van der Waals surface area contributed by atoms with Crippen LogP contribution in [0.15, 0.2) is 0 Å². The van der Waals surface area contributed by atoms with Crippen molar-refractivity contribution in [2.24, 2.45) is 5.92 Å². The first-order valence-electron chi connectivity index (χ1n) is 7.25. The van der Waals surface area contributed by atoms with E-state index in [2.05, 4.69) is 6.92 Å². The maximum Gasteiger partial charge on any atom is 0.159 e. The lowest BCUT2D eigenvalue weighted by molar-refractivity contribution is -0.189. The highest BCUT2D eigenvalue weighted by atomic mass is 16.7. The largest absolute Gasteiger partial charge is 0.378 e. The van der Waals surface area contributed by atoms with Gasteiger partial charge in [0, 0.05) is 6.42 Å². The van der Waals surface area contributed by atoms with Crippen molar-refractivity contribution in [1.29, 1.82) is 0 Å². The Bertz CT molecular complexity index is 202. The Morgan fingerprint density at radius 3 is 2.59 bits per heavy atom. The van der Waals surface area contributed by atoms with Gasteiger partial charge in [0.25, 0.3) is 0 Å². The maximum absolute atomic E-state index is 6.03. The first-order chi connectivity index (χ1) is 8.40. The monoisotopic (exact) mass is 242 g/mol. The second kappa shape index (κ2) is 7.34. The summed E-state index contributed by atoms with van der Waals surface area (Å²) in [6, 6.07) is 0. The lowest BCUT2D eigenvalue weighted by atomic mass is 9.85. The van der Waals surface area contributed by atoms with E-state index in [9.17, 15) is 0 Å². The molecule has 2 atom stereocenters. The molecule has 0 bridgehead atoms. The molecule has 0 N–H and O–H groups in total. The van der Waals surface area contributed by atoms with Crippen molar-refractivity contribution in [3.63, 3.8) is 0 Å². The molecule has 0 aromatic heterocycles. The van der Waals surface area contributed by atoms with Crippen LogP contribution < -0.4 is 0 Å². The van der Waals surface area contributed by atoms with E-state index in [-0.39, 0.29) is 6.29 Å². The van der Waals surface area contributed by atoms with E-state index in [4.69, 9.17) is 14.2 Å². The minimum Gasteiger partial charge on any atom is -0.378 e. The summed E-state index contributed by atoms with van der Waals surface area (Å²) >= 11 is 0. The Kier molecular flexibility index (Phi) is 5.75. The Morgan fingerprint density at radius 1 is 1.06 bits per heavy atom. The fourth-order valence-corrected chi connectivity index (χ4v) is 2.88. The average molecular weight is 242 g/mol. The molecule has 0 amide bonds. The molecule has 1 saturated heterocycles. The highest BCUT2D eigenvalue weighted by molar-refractivity contribution is 4.74. The summed E-state index contributed by atoms with van der Waals surface area (Å²) in [6.45, 7) is 4.74. The molecule has 1 aliphatic heterocycles. The number of hydrogen-bond donors (Lipinski definition) is 0. The standard InChI is InChI=1S/C14H26O3/c1-2-12-6-3-4-7-13(12)15-11-8-14-16-9-5-10-17-14/h12-14H,2-11H2,1H3. The molecule has 100 valence electrons. The van der Waals surface area contributed by atoms with Crippen molar-refractivity contribution in [2.45, 2.75) is 64.3 Å². The van der Waals surface area contributed by atoms with Crippen LogP contribution in [-0.2, 0) is 14.2 Å². The van der Waals surface area contributed by atoms with Crippen molar-refractivity contribution < 1.29 is 14.2 Å². The Hall–Kier alpha value is -0.120. The van der Waals surface area contributed by atoms with Crippen LogP contribution in [0.2, 0.25) is 0 Å². The Morgan fingerprint density at radius 2 is 1.82 bits per heavy atom. The van der Waals surface area contributed by atoms with E-state index in [1.807, 2.05) is 0 Å². The van der Waals surface area contributed by atoms with Gasteiger partial charge in [-0.25, -0.2) is 0 Å². The molecule has 3 heteroatoms. The van der Waals surface area contributed by atoms with Gasteiger partial charge in [0.2, 0.25) is 0 Å². The molecule has 2 fully saturated rings. The van der Waals surface area contributed by atoms with Crippen molar-refractivity contribution in [1.82, 2.24) is 0 Å². The van der Waals surface area contributed by atoms with Gasteiger partial charge in [-0.3, -0.25) is 0 Å². The highest BCUT2D eigenvalue weighted by Gasteiger charge is 2.24. The quantitative estimate of drug-likeness (QED) is 0.741. The zero-order valence-electron chi connectivity index (χ0n) is 11.0. The highest BCUT2D eigenvalue weighted by Crippen LogP contribution is 2.29. The van der Waals surface area contributed by atoms with Crippen LogP contribution in [0.1, 0.15) is 51.9 Å². The molecule has 2 unspecified atom stereocenters. The van der Waals surface area contributed by atoms with E-state index < -0.39 is 0 Å². The van der Waals surface area contributed by atoms with Gasteiger partial charge < -0.3 is 14.2 Å². The first kappa shape index (κ1) is 13.3. The summed E-state index contributed by atoms with van der Waals surface area (Å²) in [5, 5.41) is 0. The summed E-state index contributed by atoms with van der Waals surface area (Å²) in [5.74, 6) is 0.775. The predicted octanol–water partition coefficient (Wildman–Crippen LogP) is 3.12. The molecule has 1 aliphatic carbocycles. The van der Waals surface area contributed by atoms with Gasteiger partial charge in [0.1, 0.15) is 0 Å². The molecule has 0 radical (unpaired) electrons. The molecular weight excluding hydrogens is 216 g/mol. The first-order valence-corrected chi connectivity index (χ1v) is 7.25. The van der Waals surface area contributed by atoms with E-state index in [0.29, 0.717) is 6.10 Å². The van der Waals surface area contributed by atoms with Gasteiger partial charge in [0.15, 0.2) is 6.29 Å². The predicted molar refractivity (Wildman–Crippen MR) is 66.9 cm³/mol. The van der Waals surface area contributed by atoms with Crippen molar-refractivity contribution in [2.75, 3.05) is 19.8 Å². The average Bonchev–Trinajstić information content (AvgIpc) is 2.40. The topological polar surface area (TPSA) is 27.7 Å². The van der Waals surface area contributed by atoms with Crippen LogP contribution in [0.3, 0.4) is 0 Å². The second-order valence-electron chi connectivity index (χ2n) is 5.18. The Balaban J connectivity index is 1.62. The van der Waals surface area contributed by atoms with Crippen molar-refractivity contribution in [3.05, 3.63) is 0 Å². The summed E-state index contributed by atoms with van der Waals surface area (Å²) < 4.78 is 17.1. The number of hydrogen-bond acceptors (Lipinski definition) is 3. The van der Waals surface area contributed by atoms with E-state index in [1.54, 1.807) is 0 Å². The zero-order valence-corrected chi connectivity index (χ0v) is 11.0. The summed E-state index contributed by atoms with van der Waals surface area (Å²) in [4.78, 5) is 0. The molecular formula is C14H26O3. The molecule has 0 spiro atoms. The minimum absolute atomic E-state index is 0.0209. The smallest absolute Gasteiger partial charge is 0.159 e. The molecule has 3 nitrogen and oxygen atoms in total. The molecule has 17 heavy (non-hydrogen) atoms. The van der Waals surface area contributed by atoms with Crippen LogP contribution in [-0.4, -0.2) is 32.2 Å². The van der Waals surface area contributed by atoms with Crippen LogP contribution >= 0.6 is 0 Å². The molecule has 0 aromatic rings. The van der Waals surface area contributed by atoms with Gasteiger partial charge in [-0.15, -0.1) is 0 Å². The third-order valence-corrected chi connectivity index (χ3v) is 3.95. The summed E-state index contributed by atoms with van der Waals surface area (Å²) in [6.07, 6.45) is 8.92. The van der Waals surface area contributed by atoms with Crippen LogP contribution in [0.4, 0.5) is 0 Å². The summed E-state index contributed by atoms with van der Waals surface area (Å²) in [5.41, 5.74) is 0. The lowest BCUT2D eigenvalue weighted by Gasteiger charge is -2.31. The van der Waals surface area contributed by atoms with Crippen LogP contribution in [0, 0.1) is 5.92 Å². The fraction of sp³-hybridized carbons (Fsp3) is 1.00. The zero-order chi connectivity index (χ0) is 11.9. The summed E-state index contributed by atoms with van der Waals surface area (Å²) in [7, 11) is 0. The second-order valence-corrected chi connectivity index (χ2v) is 5.18. The van der Waals surface area contributed by atoms with Gasteiger partial charge >= 0.3 is 0 Å². The van der Waals surface area contributed by atoms with Gasteiger partial charge in [-0.1, -0.05) is 26.2 Å². The van der Waals surface area contributed by atoms with Crippen LogP contribution in [0.5, 0.6) is 0 Å². The van der Waals surface area contributed by atoms with Crippen LogP contribution in [0.25, 0.3) is 0 Å². The van der Waals surface area contributed by atoms with Gasteiger partial charge in [0.05, 0.1) is 25.9 Å². The fourth-order valence-electron chi connectivity index (χ4n) is 2.88. The van der Waals surface area contributed by atoms with Gasteiger partial charge in [-0.2, -0.15) is 0 Å². The van der Waals surface area contributed by atoms with Crippen molar-refractivity contribution in [3.8, 4) is 0 Å². The normalized spacial score (nSPS) is 31.6. The molecule has 2 aliphatic rings. The number of ether oxygens (including phenoxy) is 3. The minimum atomic E-state index is -0.0209. The van der Waals surface area contributed by atoms with E-state index >= 15 is 0 Å². The molecule has 0 aromatic carbocycles. The Labute approximate surface area is 105 Å². The third-order valence-electron chi connectivity index (χ3n) is 3.95. The molecule has 1 saturated carbocycles. The molecule has 2 rings (SSSR count). The van der Waals surface area contributed by atoms with Crippen molar-refractivity contribution >= 4 is 0 Å². The maximum atomic E-state index is 6.03. The van der Waals surface area contributed by atoms with E-state index in [1.165, 1.54) is 32.1 Å². The van der Waals surface area contributed by atoms with Gasteiger partial charge in [-0.05, 0) is 25.2 Å².